The van der Waals surface area contributed by atoms with Gasteiger partial charge < -0.3 is 9.84 Å². The number of carbonyl (C=O) groups is 2. The Morgan fingerprint density at radius 1 is 0.900 bits per heavy atom. The molecule has 0 atom stereocenters. The number of ether oxygens (including phenoxy) is 1. The molecule has 0 aliphatic rings. The topological polar surface area (TPSA) is 63.6 Å². The molecule has 0 heterocycles. The van der Waals surface area contributed by atoms with Gasteiger partial charge in [0.05, 0.1) is 17.7 Å². The number of hydrogen-bond acceptors (Lipinski definition) is 3. The van der Waals surface area contributed by atoms with E-state index in [1.54, 1.807) is 30.3 Å². The first-order valence-electron chi connectivity index (χ1n) is 10.5. The maximum absolute atomic E-state index is 11.4. The molecule has 0 fully saturated rings. The molecule has 1 N–H and O–H groups in total. The predicted octanol–water partition coefficient (Wildman–Crippen LogP) is 6.79. The zero-order valence-corrected chi connectivity index (χ0v) is 17.9. The average molecular weight is 409 g/mol. The third-order valence-electron chi connectivity index (χ3n) is 4.10. The van der Waals surface area contributed by atoms with E-state index in [1.165, 1.54) is 12.8 Å². The van der Waals surface area contributed by atoms with Gasteiger partial charge in [-0.25, -0.2) is 9.59 Å². The van der Waals surface area contributed by atoms with E-state index in [2.05, 4.69) is 26.0 Å². The van der Waals surface area contributed by atoms with Gasteiger partial charge in [-0.05, 0) is 49.1 Å². The van der Waals surface area contributed by atoms with Gasteiger partial charge in [-0.3, -0.25) is 0 Å². The van der Waals surface area contributed by atoms with Crippen LogP contribution in [0, 0.1) is 0 Å². The largest absolute Gasteiger partial charge is 0.478 e. The van der Waals surface area contributed by atoms with Crippen LogP contribution in [0.1, 0.15) is 72.2 Å². The van der Waals surface area contributed by atoms with Crippen LogP contribution >= 0.6 is 0 Å². The van der Waals surface area contributed by atoms with Crippen molar-refractivity contribution in [1.82, 2.24) is 0 Å². The number of carboxylic acids is 1. The van der Waals surface area contributed by atoms with Crippen molar-refractivity contribution in [1.29, 1.82) is 0 Å². The monoisotopic (exact) mass is 408 g/mol. The molecule has 2 aromatic rings. The second kappa shape index (κ2) is 15.7. The fourth-order valence-corrected chi connectivity index (χ4v) is 2.48. The van der Waals surface area contributed by atoms with Crippen molar-refractivity contribution in [2.75, 3.05) is 6.61 Å². The molecule has 0 aliphatic carbocycles. The number of aromatic carboxylic acids is 1. The minimum Gasteiger partial charge on any atom is -0.478 e. The molecule has 0 bridgehead atoms. The molecule has 0 aromatic heterocycles. The zero-order valence-electron chi connectivity index (χ0n) is 17.9. The van der Waals surface area contributed by atoms with Crippen molar-refractivity contribution in [3.63, 3.8) is 0 Å². The minimum absolute atomic E-state index is 0.250. The lowest BCUT2D eigenvalue weighted by Gasteiger charge is -2.02. The Balaban J connectivity index is 0.000000300. The zero-order chi connectivity index (χ0) is 22.0. The van der Waals surface area contributed by atoms with Gasteiger partial charge in [-0.15, -0.1) is 0 Å². The number of unbranched alkanes of at least 4 members (excludes halogenated alkanes) is 2. The highest BCUT2D eigenvalue weighted by Gasteiger charge is 2.04. The molecule has 0 saturated heterocycles. The van der Waals surface area contributed by atoms with Crippen LogP contribution in [0.3, 0.4) is 0 Å². The maximum atomic E-state index is 11.4. The summed E-state index contributed by atoms with van der Waals surface area (Å²) in [5.74, 6) is -1.13. The fraction of sp³-hybridized carbons (Fsp3) is 0.308. The van der Waals surface area contributed by atoms with Crippen LogP contribution in [0.25, 0.3) is 6.08 Å². The van der Waals surface area contributed by atoms with Crippen molar-refractivity contribution < 1.29 is 19.4 Å². The molecule has 160 valence electrons. The van der Waals surface area contributed by atoms with Crippen LogP contribution in [-0.4, -0.2) is 23.7 Å². The van der Waals surface area contributed by atoms with E-state index >= 15 is 0 Å². The number of hydrogen-bond donors (Lipinski definition) is 1. The highest BCUT2D eigenvalue weighted by atomic mass is 16.5. The first-order valence-corrected chi connectivity index (χ1v) is 10.5. The third-order valence-corrected chi connectivity index (χ3v) is 4.10. The molecule has 2 rings (SSSR count). The Bertz CT molecular complexity index is 807. The van der Waals surface area contributed by atoms with Crippen LogP contribution in [-0.2, 0) is 4.74 Å². The standard InChI is InChI=1S/2C13H16O2/c1-2-3-4-8-11-15-13(14)12-9-6-5-7-10-12;1-2-3-4-5-7-11-8-6-9-12(10-11)13(14)15/h3-7,9-10H,2,8,11H2,1H3;5-10H,2-4H2,1H3,(H,14,15)/b4-3-;7-5-. The molecule has 30 heavy (non-hydrogen) atoms. The van der Waals surface area contributed by atoms with E-state index < -0.39 is 5.97 Å². The SMILES string of the molecule is CC/C=C\CCOC(=O)c1ccccc1.CCCC/C=C\c1cccc(C(=O)O)c1. The van der Waals surface area contributed by atoms with Gasteiger partial charge in [0.2, 0.25) is 0 Å². The Labute approximate surface area is 179 Å². The van der Waals surface area contributed by atoms with Crippen LogP contribution < -0.4 is 0 Å². The van der Waals surface area contributed by atoms with Gasteiger partial charge >= 0.3 is 11.9 Å². The van der Waals surface area contributed by atoms with E-state index in [4.69, 9.17) is 9.84 Å². The van der Waals surface area contributed by atoms with Gasteiger partial charge in [0.1, 0.15) is 0 Å². The molecule has 0 amide bonds. The van der Waals surface area contributed by atoms with Crippen LogP contribution in [0.4, 0.5) is 0 Å². The summed E-state index contributed by atoms with van der Waals surface area (Å²) in [4.78, 5) is 22.1. The Hall–Kier alpha value is -3.14. The highest BCUT2D eigenvalue weighted by Crippen LogP contribution is 2.08. The molecular weight excluding hydrogens is 376 g/mol. The second-order valence-corrected chi connectivity index (χ2v) is 6.65. The quantitative estimate of drug-likeness (QED) is 0.267. The van der Waals surface area contributed by atoms with Gasteiger partial charge in [-0.1, -0.05) is 81.3 Å². The van der Waals surface area contributed by atoms with Crippen molar-refractivity contribution in [2.24, 2.45) is 0 Å². The van der Waals surface area contributed by atoms with Crippen LogP contribution in [0.15, 0.2) is 72.8 Å². The summed E-state index contributed by atoms with van der Waals surface area (Å²) in [7, 11) is 0. The molecule has 0 saturated carbocycles. The number of benzene rings is 2. The molecular formula is C26H32O4. The highest BCUT2D eigenvalue weighted by molar-refractivity contribution is 5.89. The van der Waals surface area contributed by atoms with Crippen LogP contribution in [0.2, 0.25) is 0 Å². The van der Waals surface area contributed by atoms with E-state index in [1.807, 2.05) is 36.4 Å². The fourth-order valence-electron chi connectivity index (χ4n) is 2.48. The first-order chi connectivity index (χ1) is 14.6. The van der Waals surface area contributed by atoms with Gasteiger partial charge in [0.15, 0.2) is 0 Å². The molecule has 4 nitrogen and oxygen atoms in total. The summed E-state index contributed by atoms with van der Waals surface area (Å²) >= 11 is 0. The normalized spacial score (nSPS) is 10.6. The first kappa shape index (κ1) is 24.9. The summed E-state index contributed by atoms with van der Waals surface area (Å²) < 4.78 is 5.08. The van der Waals surface area contributed by atoms with Gasteiger partial charge in [0.25, 0.3) is 0 Å². The lowest BCUT2D eigenvalue weighted by Crippen LogP contribution is -2.05. The number of allylic oxidation sites excluding steroid dienone is 2. The van der Waals surface area contributed by atoms with Crippen molar-refractivity contribution in [2.45, 2.75) is 46.0 Å². The minimum atomic E-state index is -0.876. The van der Waals surface area contributed by atoms with Gasteiger partial charge in [0, 0.05) is 0 Å². The molecule has 4 heteroatoms. The Kier molecular flexibility index (Phi) is 13.1. The number of carbonyl (C=O) groups excluding carboxylic acids is 1. The van der Waals surface area contributed by atoms with Crippen molar-refractivity contribution >= 4 is 18.0 Å². The Morgan fingerprint density at radius 3 is 2.30 bits per heavy atom. The van der Waals surface area contributed by atoms with E-state index in [-0.39, 0.29) is 5.97 Å². The summed E-state index contributed by atoms with van der Waals surface area (Å²) in [5, 5.41) is 8.79. The third kappa shape index (κ3) is 11.0. The lowest BCUT2D eigenvalue weighted by atomic mass is 10.1. The predicted molar refractivity (Wildman–Crippen MR) is 123 cm³/mol. The number of esters is 1. The summed E-state index contributed by atoms with van der Waals surface area (Å²) in [5.41, 5.74) is 1.90. The maximum Gasteiger partial charge on any atom is 0.338 e. The summed E-state index contributed by atoms with van der Waals surface area (Å²) in [6, 6.07) is 16.0. The lowest BCUT2D eigenvalue weighted by molar-refractivity contribution is 0.0511. The van der Waals surface area contributed by atoms with E-state index in [0.717, 1.165) is 24.8 Å². The number of rotatable bonds is 10. The van der Waals surface area contributed by atoms with Gasteiger partial charge in [-0.2, -0.15) is 0 Å². The molecule has 0 radical (unpaired) electrons. The average Bonchev–Trinajstić information content (AvgIpc) is 2.78. The van der Waals surface area contributed by atoms with Crippen molar-refractivity contribution in [3.05, 3.63) is 89.5 Å². The smallest absolute Gasteiger partial charge is 0.338 e. The molecule has 2 aromatic carbocycles. The summed E-state index contributed by atoms with van der Waals surface area (Å²) in [6.45, 7) is 4.68. The van der Waals surface area contributed by atoms with Crippen molar-refractivity contribution in [3.8, 4) is 0 Å². The van der Waals surface area contributed by atoms with E-state index in [9.17, 15) is 9.59 Å². The molecule has 0 spiro atoms. The Morgan fingerprint density at radius 2 is 1.63 bits per heavy atom. The van der Waals surface area contributed by atoms with E-state index in [0.29, 0.717) is 17.7 Å². The van der Waals surface area contributed by atoms with Crippen LogP contribution in [0.5, 0.6) is 0 Å². The number of carboxylic acid groups (broad SMARTS) is 1. The molecule has 0 unspecified atom stereocenters. The summed E-state index contributed by atoms with van der Waals surface area (Å²) in [6.07, 6.45) is 13.4. The second-order valence-electron chi connectivity index (χ2n) is 6.65. The molecule has 0 aliphatic heterocycles.